The minimum atomic E-state index is -4.15. The predicted molar refractivity (Wildman–Crippen MR) is 23.3 cm³/mol. The SMILES string of the molecule is NOP(=O)(O)OCO. The lowest BCUT2D eigenvalue weighted by atomic mass is 11.6. The van der Waals surface area contributed by atoms with Gasteiger partial charge in [0.1, 0.15) is 0 Å². The molecule has 1 atom stereocenters. The summed E-state index contributed by atoms with van der Waals surface area (Å²) in [5.74, 6) is 4.24. The first-order valence-electron chi connectivity index (χ1n) is 1.59. The number of nitrogens with two attached hydrogens (primary N) is 1. The average Bonchev–Trinajstić information content (AvgIpc) is 1.67. The Hall–Kier alpha value is 0.0300. The van der Waals surface area contributed by atoms with Crippen LogP contribution in [0.25, 0.3) is 0 Å². The van der Waals surface area contributed by atoms with E-state index in [0.29, 0.717) is 0 Å². The summed E-state index contributed by atoms with van der Waals surface area (Å²) >= 11 is 0. The van der Waals surface area contributed by atoms with Crippen molar-refractivity contribution in [2.24, 2.45) is 5.90 Å². The van der Waals surface area contributed by atoms with Crippen molar-refractivity contribution in [3.8, 4) is 0 Å². The summed E-state index contributed by atoms with van der Waals surface area (Å²) in [5, 5.41) is 7.84. The molecule has 0 fully saturated rings. The van der Waals surface area contributed by atoms with Gasteiger partial charge in [-0.15, -0.1) is 0 Å². The van der Waals surface area contributed by atoms with Gasteiger partial charge in [-0.1, -0.05) is 0 Å². The van der Waals surface area contributed by atoms with Gasteiger partial charge in [0.05, 0.1) is 0 Å². The third-order valence-corrected chi connectivity index (χ3v) is 1.06. The number of rotatable bonds is 3. The fraction of sp³-hybridized carbons (Fsp3) is 1.00. The molecule has 7 heteroatoms. The van der Waals surface area contributed by atoms with E-state index in [9.17, 15) is 4.57 Å². The Bertz CT molecular complexity index is 103. The maximum Gasteiger partial charge on any atom is 0.490 e. The zero-order chi connectivity index (χ0) is 6.62. The zero-order valence-corrected chi connectivity index (χ0v) is 4.75. The number of aliphatic hydroxyl groups excluding tert-OH is 1. The van der Waals surface area contributed by atoms with Gasteiger partial charge in [-0.25, -0.2) is 15.1 Å². The van der Waals surface area contributed by atoms with Gasteiger partial charge in [0.25, 0.3) is 0 Å². The molecule has 50 valence electrons. The molecule has 0 saturated heterocycles. The van der Waals surface area contributed by atoms with Crippen molar-refractivity contribution in [3.63, 3.8) is 0 Å². The molecule has 6 nitrogen and oxygen atoms in total. The van der Waals surface area contributed by atoms with Crippen LogP contribution in [0.15, 0.2) is 0 Å². The first-order valence-corrected chi connectivity index (χ1v) is 3.08. The normalized spacial score (nSPS) is 17.9. The van der Waals surface area contributed by atoms with E-state index in [2.05, 4.69) is 15.0 Å². The third kappa shape index (κ3) is 3.09. The Morgan fingerprint density at radius 3 is 2.38 bits per heavy atom. The quantitative estimate of drug-likeness (QED) is 0.264. The zero-order valence-electron chi connectivity index (χ0n) is 3.85. The number of hydrogen-bond donors (Lipinski definition) is 3. The van der Waals surface area contributed by atoms with E-state index in [1.54, 1.807) is 0 Å². The van der Waals surface area contributed by atoms with Crippen LogP contribution in [0.2, 0.25) is 0 Å². The van der Waals surface area contributed by atoms with Gasteiger partial charge in [-0.2, -0.15) is 0 Å². The van der Waals surface area contributed by atoms with Crippen molar-refractivity contribution in [2.45, 2.75) is 0 Å². The molecule has 0 spiro atoms. The summed E-state index contributed by atoms with van der Waals surface area (Å²) < 4.78 is 17.1. The molecule has 0 aliphatic rings. The van der Waals surface area contributed by atoms with Crippen LogP contribution in [0.4, 0.5) is 0 Å². The largest absolute Gasteiger partial charge is 0.490 e. The molecular formula is CH6NO5P. The predicted octanol–water partition coefficient (Wildman–Crippen LogP) is -1.06. The second-order valence-electron chi connectivity index (χ2n) is 0.832. The molecule has 0 saturated carbocycles. The molecule has 0 bridgehead atoms. The van der Waals surface area contributed by atoms with Crippen LogP contribution in [0.1, 0.15) is 0 Å². The Kier molecular flexibility index (Phi) is 3.15. The van der Waals surface area contributed by atoms with Gasteiger partial charge < -0.3 is 10.00 Å². The van der Waals surface area contributed by atoms with Gasteiger partial charge in [-0.3, -0.25) is 4.52 Å². The van der Waals surface area contributed by atoms with Crippen molar-refractivity contribution in [2.75, 3.05) is 6.79 Å². The minimum Gasteiger partial charge on any atom is -0.370 e. The Balaban J connectivity index is 3.55. The van der Waals surface area contributed by atoms with Crippen LogP contribution in [-0.2, 0) is 13.7 Å². The molecule has 0 radical (unpaired) electrons. The summed E-state index contributed by atoms with van der Waals surface area (Å²) in [6.45, 7) is -0.898. The molecule has 0 aromatic heterocycles. The van der Waals surface area contributed by atoms with E-state index < -0.39 is 14.6 Å². The lowest BCUT2D eigenvalue weighted by Gasteiger charge is -2.03. The lowest BCUT2D eigenvalue weighted by Crippen LogP contribution is -2.00. The summed E-state index contributed by atoms with van der Waals surface area (Å²) in [5.41, 5.74) is 0. The fourth-order valence-corrected chi connectivity index (χ4v) is 0.310. The average molecular weight is 143 g/mol. The second-order valence-corrected chi connectivity index (χ2v) is 2.24. The number of phosphoric ester groups is 1. The maximum absolute atomic E-state index is 10.0. The highest BCUT2D eigenvalue weighted by Crippen LogP contribution is 2.39. The van der Waals surface area contributed by atoms with Gasteiger partial charge >= 0.3 is 7.82 Å². The van der Waals surface area contributed by atoms with Crippen molar-refractivity contribution < 1.29 is 23.7 Å². The highest BCUT2D eigenvalue weighted by atomic mass is 31.2. The number of phosphoric acid groups is 1. The molecule has 4 N–H and O–H groups in total. The third-order valence-electron chi connectivity index (χ3n) is 0.354. The Morgan fingerprint density at radius 1 is 1.75 bits per heavy atom. The van der Waals surface area contributed by atoms with Crippen LogP contribution >= 0.6 is 7.82 Å². The molecule has 0 rings (SSSR count). The van der Waals surface area contributed by atoms with E-state index >= 15 is 0 Å². The van der Waals surface area contributed by atoms with Crippen LogP contribution in [0.5, 0.6) is 0 Å². The van der Waals surface area contributed by atoms with E-state index in [4.69, 9.17) is 10.00 Å². The van der Waals surface area contributed by atoms with Crippen molar-refractivity contribution in [3.05, 3.63) is 0 Å². The monoisotopic (exact) mass is 143 g/mol. The van der Waals surface area contributed by atoms with Crippen molar-refractivity contribution in [1.82, 2.24) is 0 Å². The van der Waals surface area contributed by atoms with Gasteiger partial charge in [-0.05, 0) is 0 Å². The first kappa shape index (κ1) is 8.03. The molecule has 0 aromatic carbocycles. The minimum absolute atomic E-state index is 0.898. The van der Waals surface area contributed by atoms with Crippen LogP contribution < -0.4 is 5.90 Å². The van der Waals surface area contributed by atoms with Gasteiger partial charge in [0.15, 0.2) is 6.79 Å². The smallest absolute Gasteiger partial charge is 0.370 e. The molecular weight excluding hydrogens is 137 g/mol. The lowest BCUT2D eigenvalue weighted by molar-refractivity contribution is 0.0520. The molecule has 0 aliphatic heterocycles. The van der Waals surface area contributed by atoms with Crippen LogP contribution in [0.3, 0.4) is 0 Å². The highest BCUT2D eigenvalue weighted by molar-refractivity contribution is 7.47. The van der Waals surface area contributed by atoms with Crippen molar-refractivity contribution >= 4 is 7.82 Å². The Morgan fingerprint density at radius 2 is 2.25 bits per heavy atom. The Labute approximate surface area is 45.4 Å². The summed E-state index contributed by atoms with van der Waals surface area (Å²) in [6.07, 6.45) is 0. The summed E-state index contributed by atoms with van der Waals surface area (Å²) in [6, 6.07) is 0. The topological polar surface area (TPSA) is 102 Å². The van der Waals surface area contributed by atoms with Crippen LogP contribution in [0, 0.1) is 0 Å². The molecule has 0 heterocycles. The molecule has 8 heavy (non-hydrogen) atoms. The standard InChI is InChI=1S/CH6NO5P/c2-7-8(4,5)6-1-3/h3H,1-2H2,(H,4,5). The maximum atomic E-state index is 10.0. The number of aliphatic hydroxyl groups is 1. The molecule has 0 aliphatic carbocycles. The van der Waals surface area contributed by atoms with Gasteiger partial charge in [0, 0.05) is 0 Å². The fourth-order valence-electron chi connectivity index (χ4n) is 0.103. The molecule has 0 amide bonds. The highest BCUT2D eigenvalue weighted by Gasteiger charge is 2.17. The van der Waals surface area contributed by atoms with Crippen molar-refractivity contribution in [1.29, 1.82) is 0 Å². The number of hydrogen-bond acceptors (Lipinski definition) is 5. The first-order chi connectivity index (χ1) is 3.62. The van der Waals surface area contributed by atoms with E-state index in [1.165, 1.54) is 0 Å². The van der Waals surface area contributed by atoms with E-state index in [-0.39, 0.29) is 0 Å². The summed E-state index contributed by atoms with van der Waals surface area (Å²) in [7, 11) is -4.15. The second kappa shape index (κ2) is 3.13. The molecule has 0 aromatic rings. The van der Waals surface area contributed by atoms with E-state index in [0.717, 1.165) is 0 Å². The summed E-state index contributed by atoms with van der Waals surface area (Å²) in [4.78, 5) is 8.15. The molecule has 1 unspecified atom stereocenters. The van der Waals surface area contributed by atoms with E-state index in [1.807, 2.05) is 0 Å². The van der Waals surface area contributed by atoms with Crippen LogP contribution in [-0.4, -0.2) is 16.8 Å². The van der Waals surface area contributed by atoms with Gasteiger partial charge in [0.2, 0.25) is 0 Å².